The predicted molar refractivity (Wildman–Crippen MR) is 183 cm³/mol. The van der Waals surface area contributed by atoms with Crippen molar-refractivity contribution in [2.75, 3.05) is 27.2 Å². The van der Waals surface area contributed by atoms with E-state index in [2.05, 4.69) is 79.3 Å². The zero-order valence-corrected chi connectivity index (χ0v) is 31.4. The molecule has 2 heterocycles. The topological polar surface area (TPSA) is 90.3 Å². The van der Waals surface area contributed by atoms with Crippen LogP contribution in [0.2, 0.25) is 0 Å². The van der Waals surface area contributed by atoms with Crippen molar-refractivity contribution < 1.29 is 24.5 Å². The van der Waals surface area contributed by atoms with Gasteiger partial charge in [-0.25, -0.2) is 0 Å². The number of carboxylic acid groups (broad SMARTS) is 1. The number of benzene rings is 1. The van der Waals surface area contributed by atoms with Gasteiger partial charge in [-0.1, -0.05) is 81.4 Å². The van der Waals surface area contributed by atoms with Gasteiger partial charge in [-0.3, -0.25) is 9.59 Å². The van der Waals surface area contributed by atoms with Gasteiger partial charge in [0.25, 0.3) is 0 Å². The minimum Gasteiger partial charge on any atom is -0.507 e. The fraction of sp³-hybridized carbons (Fsp3) is 0.789. The molecule has 2 fully saturated rings. The Morgan fingerprint density at radius 2 is 1.22 bits per heavy atom. The van der Waals surface area contributed by atoms with Crippen LogP contribution < -0.4 is 0 Å². The number of nitrogens with zero attached hydrogens (tertiary/aromatic N) is 2. The molecule has 2 aliphatic rings. The highest BCUT2D eigenvalue weighted by atomic mass is 16.5. The van der Waals surface area contributed by atoms with Crippen molar-refractivity contribution in [3.8, 4) is 5.75 Å². The molecule has 0 amide bonds. The number of ether oxygens (including phenoxy) is 1. The number of hydrogen-bond acceptors (Lipinski definition) is 6. The van der Waals surface area contributed by atoms with Crippen LogP contribution in [0.25, 0.3) is 0 Å². The van der Waals surface area contributed by atoms with Crippen LogP contribution >= 0.6 is 0 Å². The van der Waals surface area contributed by atoms with Crippen LogP contribution in [0.1, 0.15) is 126 Å². The highest BCUT2D eigenvalue weighted by Crippen LogP contribution is 2.56. The summed E-state index contributed by atoms with van der Waals surface area (Å²) in [5.41, 5.74) is -2.03. The predicted octanol–water partition coefficient (Wildman–Crippen LogP) is 7.41. The van der Waals surface area contributed by atoms with E-state index in [1.165, 1.54) is 0 Å². The molecule has 7 heteroatoms. The van der Waals surface area contributed by atoms with Crippen molar-refractivity contribution >= 4 is 11.9 Å². The summed E-state index contributed by atoms with van der Waals surface area (Å²) in [5.74, 6) is -2.06. The van der Waals surface area contributed by atoms with E-state index in [1.807, 2.05) is 53.7 Å². The molecule has 2 saturated heterocycles. The van der Waals surface area contributed by atoms with Crippen molar-refractivity contribution in [2.24, 2.45) is 22.2 Å². The molecule has 256 valence electrons. The molecule has 2 N–H and O–H groups in total. The minimum absolute atomic E-state index is 0.0159. The molecule has 0 aliphatic carbocycles. The van der Waals surface area contributed by atoms with E-state index in [0.717, 1.165) is 23.2 Å². The van der Waals surface area contributed by atoms with Gasteiger partial charge in [-0.2, -0.15) is 0 Å². The first-order valence-corrected chi connectivity index (χ1v) is 16.8. The van der Waals surface area contributed by atoms with E-state index in [-0.39, 0.29) is 23.2 Å². The molecule has 1 aromatic rings. The lowest BCUT2D eigenvalue weighted by Crippen LogP contribution is -2.67. The van der Waals surface area contributed by atoms with Gasteiger partial charge in [0.05, 0.1) is 0 Å². The Balaban J connectivity index is 2.32. The van der Waals surface area contributed by atoms with Crippen LogP contribution in [0.15, 0.2) is 12.1 Å². The third-order valence-corrected chi connectivity index (χ3v) is 13.1. The number of aromatic hydroxyl groups is 1. The molecule has 45 heavy (non-hydrogen) atoms. The van der Waals surface area contributed by atoms with Crippen LogP contribution in [-0.2, 0) is 31.6 Å². The molecule has 2 aliphatic heterocycles. The van der Waals surface area contributed by atoms with Gasteiger partial charge in [0.2, 0.25) is 0 Å². The van der Waals surface area contributed by atoms with E-state index in [1.54, 1.807) is 0 Å². The maximum Gasteiger partial charge on any atom is 0.324 e. The quantitative estimate of drug-likeness (QED) is 0.250. The number of carbonyl (C=O) groups excluding carboxylic acids is 1. The minimum atomic E-state index is -1.84. The number of carbonyl (C=O) groups is 2. The summed E-state index contributed by atoms with van der Waals surface area (Å²) in [4.78, 5) is 33.6. The second-order valence-electron chi connectivity index (χ2n) is 18.4. The lowest BCUT2D eigenvalue weighted by molar-refractivity contribution is -0.202. The number of aliphatic carboxylic acids is 1. The SMILES string of the molecule is CN1CCC(OC(=O)C(Cc2cc(C(C)(C)C)c(O)c(C(C)(C)C)c2)(C(=O)O)C2CCN(C)C(C)(C)C2(C)C)C(C)(C)C1(C)C. The van der Waals surface area contributed by atoms with Gasteiger partial charge in [-0.15, -0.1) is 0 Å². The fourth-order valence-corrected chi connectivity index (χ4v) is 7.93. The van der Waals surface area contributed by atoms with E-state index >= 15 is 0 Å². The third kappa shape index (κ3) is 6.06. The van der Waals surface area contributed by atoms with Crippen molar-refractivity contribution in [1.82, 2.24) is 9.80 Å². The second-order valence-corrected chi connectivity index (χ2v) is 18.4. The van der Waals surface area contributed by atoms with Gasteiger partial charge in [0.15, 0.2) is 5.41 Å². The van der Waals surface area contributed by atoms with Crippen molar-refractivity contribution in [3.05, 3.63) is 28.8 Å². The van der Waals surface area contributed by atoms with Crippen LogP contribution in [0, 0.1) is 22.2 Å². The second kappa shape index (κ2) is 11.5. The Labute approximate surface area is 274 Å². The molecule has 3 unspecified atom stereocenters. The van der Waals surface area contributed by atoms with Crippen LogP contribution in [0.4, 0.5) is 0 Å². The Morgan fingerprint density at radius 1 is 0.800 bits per heavy atom. The van der Waals surface area contributed by atoms with Crippen molar-refractivity contribution in [1.29, 1.82) is 0 Å². The molecule has 0 spiro atoms. The Kier molecular flexibility index (Phi) is 9.57. The molecule has 3 atom stereocenters. The van der Waals surface area contributed by atoms with Gasteiger partial charge in [0, 0.05) is 23.0 Å². The van der Waals surface area contributed by atoms with E-state index < -0.39 is 51.0 Å². The zero-order valence-electron chi connectivity index (χ0n) is 31.4. The smallest absolute Gasteiger partial charge is 0.324 e. The van der Waals surface area contributed by atoms with E-state index in [9.17, 15) is 19.8 Å². The average molecular weight is 629 g/mol. The van der Waals surface area contributed by atoms with E-state index in [0.29, 0.717) is 19.4 Å². The number of hydrogen-bond donors (Lipinski definition) is 2. The van der Waals surface area contributed by atoms with Gasteiger partial charge in [0.1, 0.15) is 11.9 Å². The van der Waals surface area contributed by atoms with Gasteiger partial charge in [-0.05, 0) is 106 Å². The zero-order chi connectivity index (χ0) is 34.9. The first kappa shape index (κ1) is 37.3. The average Bonchev–Trinajstić information content (AvgIpc) is 2.86. The molecular weight excluding hydrogens is 564 g/mol. The summed E-state index contributed by atoms with van der Waals surface area (Å²) in [7, 11) is 4.17. The Bertz CT molecular complexity index is 1260. The highest BCUT2D eigenvalue weighted by Gasteiger charge is 2.64. The lowest BCUT2D eigenvalue weighted by atomic mass is 9.52. The molecule has 0 saturated carbocycles. The van der Waals surface area contributed by atoms with Crippen LogP contribution in [-0.4, -0.2) is 76.3 Å². The normalized spacial score (nSPS) is 26.6. The number of piperidine rings is 2. The van der Waals surface area contributed by atoms with Crippen LogP contribution in [0.3, 0.4) is 0 Å². The van der Waals surface area contributed by atoms with Crippen molar-refractivity contribution in [2.45, 2.75) is 144 Å². The maximum absolute atomic E-state index is 15.0. The number of phenols is 1. The first-order valence-electron chi connectivity index (χ1n) is 16.8. The molecule has 0 radical (unpaired) electrons. The summed E-state index contributed by atoms with van der Waals surface area (Å²) < 4.78 is 6.54. The summed E-state index contributed by atoms with van der Waals surface area (Å²) in [6.45, 7) is 30.8. The molecule has 0 aromatic heterocycles. The summed E-state index contributed by atoms with van der Waals surface area (Å²) in [5, 5.41) is 22.9. The summed E-state index contributed by atoms with van der Waals surface area (Å²) in [6.07, 6.45) is 0.732. The molecular formula is C38H64N2O5. The van der Waals surface area contributed by atoms with E-state index in [4.69, 9.17) is 4.74 Å². The Hall–Kier alpha value is -2.12. The molecule has 3 rings (SSSR count). The summed E-state index contributed by atoms with van der Waals surface area (Å²) >= 11 is 0. The number of likely N-dealkylation sites (tertiary alicyclic amines) is 2. The molecule has 0 bridgehead atoms. The number of rotatable bonds is 6. The van der Waals surface area contributed by atoms with Gasteiger partial charge >= 0.3 is 11.9 Å². The highest BCUT2D eigenvalue weighted by molar-refractivity contribution is 6.00. The van der Waals surface area contributed by atoms with Crippen LogP contribution in [0.5, 0.6) is 5.75 Å². The monoisotopic (exact) mass is 628 g/mol. The Morgan fingerprint density at radius 3 is 1.64 bits per heavy atom. The standard InChI is InChI=1S/C38H64N2O5/c1-32(2,3)25-21-24(22-26(29(25)41)33(4,5)6)23-38(30(42)43,27-17-19-39(15)36(11,12)34(27,7)8)31(44)45-28-18-20-40(16)37(13,14)35(28,9)10/h21-22,27-28,41H,17-20,23H2,1-16H3,(H,42,43). The number of carboxylic acids is 1. The lowest BCUT2D eigenvalue weighted by Gasteiger charge is -2.60. The summed E-state index contributed by atoms with van der Waals surface area (Å²) in [6, 6.07) is 3.84. The maximum atomic E-state index is 15.0. The number of phenolic OH excluding ortho intramolecular Hbond substituents is 1. The number of esters is 1. The largest absolute Gasteiger partial charge is 0.507 e. The fourth-order valence-electron chi connectivity index (χ4n) is 7.93. The van der Waals surface area contributed by atoms with Gasteiger partial charge < -0.3 is 24.7 Å². The molecule has 7 nitrogen and oxygen atoms in total. The first-order chi connectivity index (χ1) is 20.1. The third-order valence-electron chi connectivity index (χ3n) is 13.1. The van der Waals surface area contributed by atoms with Crippen molar-refractivity contribution in [3.63, 3.8) is 0 Å². The molecule has 1 aromatic carbocycles.